The summed E-state index contributed by atoms with van der Waals surface area (Å²) < 4.78 is 18.4. The quantitative estimate of drug-likeness (QED) is 0.632. The van der Waals surface area contributed by atoms with E-state index >= 15 is 0 Å². The normalized spacial score (nSPS) is 9.94. The van der Waals surface area contributed by atoms with Gasteiger partial charge in [-0.2, -0.15) is 0 Å². The van der Waals surface area contributed by atoms with Crippen LogP contribution in [0.15, 0.2) is 16.6 Å². The van der Waals surface area contributed by atoms with Crippen LogP contribution in [0.1, 0.15) is 22.8 Å². The third kappa shape index (κ3) is 2.88. The zero-order valence-corrected chi connectivity index (χ0v) is 10.2. The molecular weight excluding hydrogens is 279 g/mol. The van der Waals surface area contributed by atoms with Gasteiger partial charge in [0.15, 0.2) is 6.29 Å². The van der Waals surface area contributed by atoms with Gasteiger partial charge in [-0.15, -0.1) is 0 Å². The fourth-order valence-electron chi connectivity index (χ4n) is 1.23. The van der Waals surface area contributed by atoms with E-state index in [1.165, 1.54) is 6.07 Å². The molecule has 0 heterocycles. The summed E-state index contributed by atoms with van der Waals surface area (Å²) in [6.07, 6.45) is 0.403. The molecule has 86 valence electrons. The molecular formula is C11H10BrFO3. The van der Waals surface area contributed by atoms with Gasteiger partial charge in [-0.1, -0.05) is 0 Å². The Labute approximate surface area is 101 Å². The number of carbonyl (C=O) groups excluding carboxylic acids is 2. The summed E-state index contributed by atoms with van der Waals surface area (Å²) in [4.78, 5) is 21.9. The molecule has 0 aliphatic rings. The van der Waals surface area contributed by atoms with E-state index in [2.05, 4.69) is 15.9 Å². The van der Waals surface area contributed by atoms with Crippen molar-refractivity contribution in [2.24, 2.45) is 0 Å². The van der Waals surface area contributed by atoms with E-state index in [1.807, 2.05) is 0 Å². The Morgan fingerprint density at radius 2 is 2.25 bits per heavy atom. The van der Waals surface area contributed by atoms with Gasteiger partial charge in [-0.3, -0.25) is 9.59 Å². The van der Waals surface area contributed by atoms with E-state index in [9.17, 15) is 14.0 Å². The van der Waals surface area contributed by atoms with E-state index in [4.69, 9.17) is 4.74 Å². The molecule has 0 aromatic heterocycles. The first-order chi connectivity index (χ1) is 7.60. The number of carbonyl (C=O) groups is 2. The molecule has 3 nitrogen and oxygen atoms in total. The second-order valence-electron chi connectivity index (χ2n) is 3.03. The average molecular weight is 289 g/mol. The van der Waals surface area contributed by atoms with Gasteiger partial charge in [-0.05, 0) is 35.0 Å². The SMILES string of the molecule is CCOC(=O)Cc1c(F)ccc(C=O)c1Br. The summed E-state index contributed by atoms with van der Waals surface area (Å²) in [6, 6.07) is 2.50. The first-order valence-corrected chi connectivity index (χ1v) is 5.47. The number of halogens is 2. The summed E-state index contributed by atoms with van der Waals surface area (Å²) in [5.74, 6) is -1.06. The van der Waals surface area contributed by atoms with Crippen LogP contribution in [0, 0.1) is 5.82 Å². The molecule has 0 saturated heterocycles. The minimum absolute atomic E-state index is 0.142. The lowest BCUT2D eigenvalue weighted by atomic mass is 10.1. The maximum absolute atomic E-state index is 13.4. The van der Waals surface area contributed by atoms with Crippen molar-refractivity contribution < 1.29 is 18.7 Å². The van der Waals surface area contributed by atoms with Gasteiger partial charge in [0.1, 0.15) is 5.82 Å². The zero-order chi connectivity index (χ0) is 12.1. The smallest absolute Gasteiger partial charge is 0.310 e. The van der Waals surface area contributed by atoms with Crippen LogP contribution < -0.4 is 0 Å². The van der Waals surface area contributed by atoms with Crippen molar-refractivity contribution in [3.8, 4) is 0 Å². The standard InChI is InChI=1S/C11H10BrFO3/c1-2-16-10(15)5-8-9(13)4-3-7(6-14)11(8)12/h3-4,6H,2,5H2,1H3. The lowest BCUT2D eigenvalue weighted by Crippen LogP contribution is -2.10. The van der Waals surface area contributed by atoms with Gasteiger partial charge in [0.05, 0.1) is 13.0 Å². The van der Waals surface area contributed by atoms with Crippen LogP contribution in [0.2, 0.25) is 0 Å². The molecule has 16 heavy (non-hydrogen) atoms. The topological polar surface area (TPSA) is 43.4 Å². The molecule has 0 fully saturated rings. The highest BCUT2D eigenvalue weighted by Gasteiger charge is 2.15. The number of benzene rings is 1. The van der Waals surface area contributed by atoms with Crippen LogP contribution >= 0.6 is 15.9 Å². The largest absolute Gasteiger partial charge is 0.466 e. The second-order valence-corrected chi connectivity index (χ2v) is 3.82. The Balaban J connectivity index is 3.02. The summed E-state index contributed by atoms with van der Waals surface area (Å²) >= 11 is 3.09. The first-order valence-electron chi connectivity index (χ1n) is 4.67. The monoisotopic (exact) mass is 288 g/mol. The molecule has 5 heteroatoms. The Bertz CT molecular complexity index is 418. The van der Waals surface area contributed by atoms with Crippen LogP contribution in [0.25, 0.3) is 0 Å². The highest BCUT2D eigenvalue weighted by molar-refractivity contribution is 9.10. The fraction of sp³-hybridized carbons (Fsp3) is 0.273. The van der Waals surface area contributed by atoms with Gasteiger partial charge in [-0.25, -0.2) is 4.39 Å². The summed E-state index contributed by atoms with van der Waals surface area (Å²) in [7, 11) is 0. The predicted molar refractivity (Wildman–Crippen MR) is 59.8 cm³/mol. The summed E-state index contributed by atoms with van der Waals surface area (Å²) in [6.45, 7) is 1.91. The Morgan fingerprint density at radius 1 is 1.56 bits per heavy atom. The molecule has 1 rings (SSSR count). The lowest BCUT2D eigenvalue weighted by Gasteiger charge is -2.07. The van der Waals surface area contributed by atoms with Crippen molar-refractivity contribution in [2.45, 2.75) is 13.3 Å². The Hall–Kier alpha value is -1.23. The minimum Gasteiger partial charge on any atom is -0.466 e. The lowest BCUT2D eigenvalue weighted by molar-refractivity contribution is -0.142. The third-order valence-electron chi connectivity index (χ3n) is 1.97. The molecule has 0 saturated carbocycles. The highest BCUT2D eigenvalue weighted by atomic mass is 79.9. The van der Waals surface area contributed by atoms with Crippen LogP contribution in [-0.4, -0.2) is 18.9 Å². The molecule has 0 radical (unpaired) electrons. The first kappa shape index (κ1) is 12.8. The van der Waals surface area contributed by atoms with Gasteiger partial charge < -0.3 is 4.74 Å². The predicted octanol–water partition coefficient (Wildman–Crippen LogP) is 2.51. The summed E-state index contributed by atoms with van der Waals surface area (Å²) in [5, 5.41) is 0. The van der Waals surface area contributed by atoms with Gasteiger partial charge in [0.25, 0.3) is 0 Å². The van der Waals surface area contributed by atoms with Crippen LogP contribution in [-0.2, 0) is 16.0 Å². The third-order valence-corrected chi connectivity index (χ3v) is 2.91. The van der Waals surface area contributed by atoms with Crippen molar-refractivity contribution in [1.82, 2.24) is 0 Å². The van der Waals surface area contributed by atoms with Crippen molar-refractivity contribution >= 4 is 28.2 Å². The van der Waals surface area contributed by atoms with Crippen molar-refractivity contribution in [3.05, 3.63) is 33.5 Å². The number of hydrogen-bond donors (Lipinski definition) is 0. The van der Waals surface area contributed by atoms with Crippen LogP contribution in [0.3, 0.4) is 0 Å². The molecule has 1 aromatic carbocycles. The minimum atomic E-state index is -0.537. The molecule has 0 spiro atoms. The number of esters is 1. The van der Waals surface area contributed by atoms with Gasteiger partial charge in [0, 0.05) is 15.6 Å². The van der Waals surface area contributed by atoms with Crippen molar-refractivity contribution in [2.75, 3.05) is 6.61 Å². The van der Waals surface area contributed by atoms with Gasteiger partial charge in [0.2, 0.25) is 0 Å². The van der Waals surface area contributed by atoms with Crippen molar-refractivity contribution in [3.63, 3.8) is 0 Å². The molecule has 0 amide bonds. The Morgan fingerprint density at radius 3 is 2.81 bits per heavy atom. The number of hydrogen-bond acceptors (Lipinski definition) is 3. The average Bonchev–Trinajstić information content (AvgIpc) is 2.25. The molecule has 0 bridgehead atoms. The van der Waals surface area contributed by atoms with Crippen LogP contribution in [0.5, 0.6) is 0 Å². The maximum atomic E-state index is 13.4. The molecule has 0 N–H and O–H groups in total. The fourth-order valence-corrected chi connectivity index (χ4v) is 1.78. The zero-order valence-electron chi connectivity index (χ0n) is 8.63. The van der Waals surface area contributed by atoms with E-state index in [1.54, 1.807) is 6.92 Å². The van der Waals surface area contributed by atoms with E-state index < -0.39 is 11.8 Å². The Kier molecular flexibility index (Phi) is 4.61. The highest BCUT2D eigenvalue weighted by Crippen LogP contribution is 2.24. The molecule has 0 atom stereocenters. The van der Waals surface area contributed by atoms with E-state index in [0.717, 1.165) is 6.07 Å². The molecule has 0 aliphatic heterocycles. The number of aldehydes is 1. The number of ether oxygens (including phenoxy) is 1. The number of rotatable bonds is 4. The van der Waals surface area contributed by atoms with Crippen molar-refractivity contribution in [1.29, 1.82) is 0 Å². The van der Waals surface area contributed by atoms with Crippen LogP contribution in [0.4, 0.5) is 4.39 Å². The van der Waals surface area contributed by atoms with Gasteiger partial charge >= 0.3 is 5.97 Å². The summed E-state index contributed by atoms with van der Waals surface area (Å²) in [5.41, 5.74) is 0.448. The molecule has 1 aromatic rings. The second kappa shape index (κ2) is 5.75. The molecule has 0 aliphatic carbocycles. The molecule has 0 unspecified atom stereocenters. The van der Waals surface area contributed by atoms with E-state index in [0.29, 0.717) is 16.3 Å². The maximum Gasteiger partial charge on any atom is 0.310 e. The van der Waals surface area contributed by atoms with E-state index in [-0.39, 0.29) is 18.6 Å².